The first-order valence-electron chi connectivity index (χ1n) is 5.03. The summed E-state index contributed by atoms with van der Waals surface area (Å²) in [4.78, 5) is 0. The highest BCUT2D eigenvalue weighted by Crippen LogP contribution is 2.26. The summed E-state index contributed by atoms with van der Waals surface area (Å²) in [6.07, 6.45) is -4.72. The Morgan fingerprint density at radius 3 is 2.42 bits per heavy atom. The average molecular weight is 273 g/mol. The highest BCUT2D eigenvalue weighted by Gasteiger charge is 2.31. The zero-order valence-corrected chi connectivity index (χ0v) is 9.64. The molecule has 0 unspecified atom stereocenters. The molecule has 0 aliphatic rings. The summed E-state index contributed by atoms with van der Waals surface area (Å²) in [5, 5.41) is 7.37. The number of aromatic nitrogens is 2. The van der Waals surface area contributed by atoms with E-state index in [1.807, 2.05) is 0 Å². The van der Waals surface area contributed by atoms with E-state index in [1.165, 1.54) is 25.8 Å². The summed E-state index contributed by atoms with van der Waals surface area (Å²) in [7, 11) is 1.42. The van der Waals surface area contributed by atoms with Crippen LogP contribution in [-0.2, 0) is 4.74 Å². The Morgan fingerprint density at radius 2 is 1.84 bits per heavy atom. The van der Waals surface area contributed by atoms with Crippen LogP contribution in [0.2, 0.25) is 0 Å². The van der Waals surface area contributed by atoms with Crippen LogP contribution in [0, 0.1) is 6.61 Å². The molecule has 5 nitrogen and oxygen atoms in total. The van der Waals surface area contributed by atoms with E-state index < -0.39 is 6.36 Å². The molecule has 0 bridgehead atoms. The first-order chi connectivity index (χ1) is 8.98. The molecule has 0 aliphatic heterocycles. The van der Waals surface area contributed by atoms with Gasteiger partial charge in [0.25, 0.3) is 0 Å². The third-order valence-electron chi connectivity index (χ3n) is 1.99. The fraction of sp³-hybridized carbons (Fsp3) is 0.182. The van der Waals surface area contributed by atoms with Crippen LogP contribution in [-0.4, -0.2) is 23.7 Å². The van der Waals surface area contributed by atoms with E-state index in [-0.39, 0.29) is 17.5 Å². The van der Waals surface area contributed by atoms with Crippen molar-refractivity contribution in [1.82, 2.24) is 10.2 Å². The molecule has 1 heterocycles. The molecule has 0 saturated heterocycles. The predicted octanol–water partition coefficient (Wildman–Crippen LogP) is 2.79. The van der Waals surface area contributed by atoms with Crippen LogP contribution in [0.3, 0.4) is 0 Å². The van der Waals surface area contributed by atoms with Gasteiger partial charge in [-0.15, -0.1) is 23.4 Å². The van der Waals surface area contributed by atoms with E-state index in [0.29, 0.717) is 5.56 Å². The Labute approximate surface area is 106 Å². The molecule has 0 spiro atoms. The second-order valence-electron chi connectivity index (χ2n) is 3.37. The molecule has 8 heteroatoms. The summed E-state index contributed by atoms with van der Waals surface area (Å²) in [5.41, 5.74) is 0.470. The van der Waals surface area contributed by atoms with Crippen LogP contribution in [0.1, 0.15) is 5.89 Å². The van der Waals surface area contributed by atoms with E-state index in [1.54, 1.807) is 0 Å². The maximum Gasteiger partial charge on any atom is 0.573 e. The molecule has 101 valence electrons. The number of ether oxygens (including phenoxy) is 2. The minimum absolute atomic E-state index is 0.160. The van der Waals surface area contributed by atoms with E-state index in [9.17, 15) is 13.2 Å². The summed E-state index contributed by atoms with van der Waals surface area (Å²) in [6.45, 7) is 1.25. The van der Waals surface area contributed by atoms with E-state index in [2.05, 4.69) is 19.7 Å². The quantitative estimate of drug-likeness (QED) is 0.857. The summed E-state index contributed by atoms with van der Waals surface area (Å²) < 4.78 is 49.5. The Hall–Kier alpha value is -2.09. The summed E-state index contributed by atoms with van der Waals surface area (Å²) in [6, 6.07) is 5.08. The van der Waals surface area contributed by atoms with Gasteiger partial charge in [-0.3, -0.25) is 0 Å². The zero-order chi connectivity index (χ0) is 13.9. The topological polar surface area (TPSA) is 57.4 Å². The van der Waals surface area contributed by atoms with Gasteiger partial charge in [0.1, 0.15) is 5.75 Å². The van der Waals surface area contributed by atoms with Gasteiger partial charge >= 0.3 is 6.36 Å². The molecule has 19 heavy (non-hydrogen) atoms. The normalized spacial score (nSPS) is 11.6. The third kappa shape index (κ3) is 3.68. The van der Waals surface area contributed by atoms with Crippen LogP contribution in [0.15, 0.2) is 28.7 Å². The van der Waals surface area contributed by atoms with Crippen molar-refractivity contribution in [2.24, 2.45) is 0 Å². The van der Waals surface area contributed by atoms with Crippen molar-refractivity contribution in [1.29, 1.82) is 0 Å². The predicted molar refractivity (Wildman–Crippen MR) is 56.8 cm³/mol. The van der Waals surface area contributed by atoms with Gasteiger partial charge in [-0.2, -0.15) is 0 Å². The molecule has 0 atom stereocenters. The molecule has 0 saturated carbocycles. The van der Waals surface area contributed by atoms with E-state index in [0.717, 1.165) is 12.1 Å². The molecule has 2 aromatic rings. The fourth-order valence-electron chi connectivity index (χ4n) is 1.30. The molecule has 0 fully saturated rings. The second kappa shape index (κ2) is 5.27. The lowest BCUT2D eigenvalue weighted by Crippen LogP contribution is -2.16. The molecule has 1 radical (unpaired) electrons. The van der Waals surface area contributed by atoms with Crippen LogP contribution in [0.4, 0.5) is 13.2 Å². The Bertz CT molecular complexity index is 537. The smallest absolute Gasteiger partial charge is 0.418 e. The van der Waals surface area contributed by atoms with E-state index in [4.69, 9.17) is 4.42 Å². The van der Waals surface area contributed by atoms with Gasteiger partial charge in [0.2, 0.25) is 11.8 Å². The molecule has 0 amide bonds. The molecule has 0 N–H and O–H groups in total. The van der Waals surface area contributed by atoms with Crippen molar-refractivity contribution in [3.63, 3.8) is 0 Å². The lowest BCUT2D eigenvalue weighted by Gasteiger charge is -2.08. The first-order valence-corrected chi connectivity index (χ1v) is 5.03. The summed E-state index contributed by atoms with van der Waals surface area (Å²) in [5.74, 6) is 0.00872. The maximum absolute atomic E-state index is 12.0. The molecule has 2 rings (SSSR count). The van der Waals surface area contributed by atoms with Crippen molar-refractivity contribution in [3.8, 4) is 17.2 Å². The number of hydrogen-bond donors (Lipinski definition) is 0. The molecule has 1 aromatic carbocycles. The van der Waals surface area contributed by atoms with Crippen LogP contribution < -0.4 is 4.74 Å². The average Bonchev–Trinajstić information content (AvgIpc) is 2.77. The minimum atomic E-state index is -4.72. The fourth-order valence-corrected chi connectivity index (χ4v) is 1.30. The van der Waals surface area contributed by atoms with Crippen LogP contribution >= 0.6 is 0 Å². The molecular formula is C11H8F3N2O3. The van der Waals surface area contributed by atoms with Crippen LogP contribution in [0.5, 0.6) is 5.75 Å². The van der Waals surface area contributed by atoms with Gasteiger partial charge in [0.15, 0.2) is 6.61 Å². The maximum atomic E-state index is 12.0. The molecule has 1 aromatic heterocycles. The largest absolute Gasteiger partial charge is 0.573 e. The Morgan fingerprint density at radius 1 is 1.16 bits per heavy atom. The van der Waals surface area contributed by atoms with Gasteiger partial charge < -0.3 is 13.9 Å². The van der Waals surface area contributed by atoms with Gasteiger partial charge in [0, 0.05) is 12.7 Å². The molecular weight excluding hydrogens is 265 g/mol. The zero-order valence-electron chi connectivity index (χ0n) is 9.64. The number of benzene rings is 1. The van der Waals surface area contributed by atoms with Crippen molar-refractivity contribution >= 4 is 0 Å². The number of halogens is 3. The van der Waals surface area contributed by atoms with Crippen molar-refractivity contribution in [2.75, 3.05) is 7.11 Å². The number of methoxy groups -OCH3 is 1. The second-order valence-corrected chi connectivity index (χ2v) is 3.37. The number of hydrogen-bond acceptors (Lipinski definition) is 5. The first kappa shape index (κ1) is 13.3. The Kier molecular flexibility index (Phi) is 3.70. The van der Waals surface area contributed by atoms with Crippen molar-refractivity contribution in [2.45, 2.75) is 6.36 Å². The van der Waals surface area contributed by atoms with Gasteiger partial charge in [-0.1, -0.05) is 0 Å². The highest BCUT2D eigenvalue weighted by atomic mass is 19.4. The highest BCUT2D eigenvalue weighted by molar-refractivity contribution is 5.54. The van der Waals surface area contributed by atoms with E-state index >= 15 is 0 Å². The monoisotopic (exact) mass is 273 g/mol. The third-order valence-corrected chi connectivity index (χ3v) is 1.99. The lowest BCUT2D eigenvalue weighted by molar-refractivity contribution is -0.274. The van der Waals surface area contributed by atoms with Crippen LogP contribution in [0.25, 0.3) is 11.5 Å². The van der Waals surface area contributed by atoms with Crippen molar-refractivity contribution in [3.05, 3.63) is 36.8 Å². The van der Waals surface area contributed by atoms with Crippen molar-refractivity contribution < 1.29 is 27.1 Å². The number of alkyl halides is 3. The van der Waals surface area contributed by atoms with Gasteiger partial charge in [-0.05, 0) is 24.3 Å². The number of nitrogens with zero attached hydrogens (tertiary/aromatic N) is 2. The SMILES string of the molecule is CO[CH]c1nnc(-c2ccc(OC(F)(F)F)cc2)o1. The summed E-state index contributed by atoms with van der Waals surface area (Å²) >= 11 is 0. The number of rotatable bonds is 4. The standard InChI is InChI=1S/C11H8F3N2O3/c1-17-6-9-15-16-10(18-9)7-2-4-8(5-3-7)19-11(12,13)14/h2-6H,1H3. The van der Waals surface area contributed by atoms with Gasteiger partial charge in [-0.25, -0.2) is 0 Å². The minimum Gasteiger partial charge on any atom is -0.418 e. The van der Waals surface area contributed by atoms with Gasteiger partial charge in [0.05, 0.1) is 0 Å². The lowest BCUT2D eigenvalue weighted by atomic mass is 10.2. The Balaban J connectivity index is 2.13. The molecule has 0 aliphatic carbocycles.